The van der Waals surface area contributed by atoms with Gasteiger partial charge >= 0.3 is 11.9 Å². The molecule has 12 nitrogen and oxygen atoms in total. The molecule has 13 heteroatoms. The molecule has 0 radical (unpaired) electrons. The molecule has 0 saturated carbocycles. The van der Waals surface area contributed by atoms with E-state index in [0.29, 0.717) is 17.0 Å². The van der Waals surface area contributed by atoms with Crippen LogP contribution < -0.4 is 0 Å². The van der Waals surface area contributed by atoms with Crippen LogP contribution in [0.2, 0.25) is 5.02 Å². The molecule has 0 aromatic heterocycles. The first-order valence-electron chi connectivity index (χ1n) is 20.2. The summed E-state index contributed by atoms with van der Waals surface area (Å²) < 4.78 is 32.0. The number of carbonyl (C=O) groups excluding carboxylic acids is 4. The maximum Gasteiger partial charge on any atom is 0.338 e. The highest BCUT2D eigenvalue weighted by Gasteiger charge is 2.53. The topological polar surface area (TPSA) is 158 Å². The molecule has 2 aromatic rings. The van der Waals surface area contributed by atoms with Crippen LogP contribution >= 0.6 is 11.6 Å². The monoisotopic (exact) mass is 827 g/mol. The van der Waals surface area contributed by atoms with Crippen LogP contribution in [0.25, 0.3) is 6.08 Å². The number of aliphatic hydroxyl groups is 2. The third-order valence-electron chi connectivity index (χ3n) is 11.8. The minimum absolute atomic E-state index is 0.00794. The summed E-state index contributed by atoms with van der Waals surface area (Å²) in [6.07, 6.45) is -2.36. The Morgan fingerprint density at radius 1 is 0.966 bits per heavy atom. The van der Waals surface area contributed by atoms with Gasteiger partial charge in [0, 0.05) is 22.8 Å². The molecule has 2 N–H and O–H groups in total. The minimum atomic E-state index is -2.01. The number of hydrogen-bond donors (Lipinski definition) is 2. The number of esters is 2. The molecule has 2 aromatic carbocycles. The largest absolute Gasteiger partial charge is 0.459 e. The van der Waals surface area contributed by atoms with Crippen LogP contribution in [0.3, 0.4) is 0 Å². The van der Waals surface area contributed by atoms with Crippen LogP contribution in [0.4, 0.5) is 0 Å². The van der Waals surface area contributed by atoms with E-state index in [-0.39, 0.29) is 37.4 Å². The van der Waals surface area contributed by atoms with Crippen molar-refractivity contribution in [3.05, 3.63) is 76.8 Å². The smallest absolute Gasteiger partial charge is 0.338 e. The first kappa shape index (κ1) is 47.2. The highest BCUT2D eigenvalue weighted by molar-refractivity contribution is 6.30. The molecule has 2 heterocycles. The summed E-state index contributed by atoms with van der Waals surface area (Å²) in [5.74, 6) is -6.71. The van der Waals surface area contributed by atoms with Gasteiger partial charge in [-0.05, 0) is 90.9 Å². The predicted molar refractivity (Wildman–Crippen MR) is 220 cm³/mol. The number of cyclic esters (lactones) is 1. The molecule has 2 aliphatic rings. The average molecular weight is 828 g/mol. The fourth-order valence-electron chi connectivity index (χ4n) is 8.25. The van der Waals surface area contributed by atoms with Gasteiger partial charge in [-0.1, -0.05) is 81.8 Å². The van der Waals surface area contributed by atoms with Gasteiger partial charge < -0.3 is 38.8 Å². The van der Waals surface area contributed by atoms with Crippen LogP contribution in [0.15, 0.2) is 60.7 Å². The number of carbonyl (C=O) groups is 4. The summed E-state index contributed by atoms with van der Waals surface area (Å²) in [6, 6.07) is 15.4. The molecule has 0 bridgehead atoms. The Bertz CT molecular complexity index is 1730. The van der Waals surface area contributed by atoms with Gasteiger partial charge in [-0.25, -0.2) is 4.79 Å². The van der Waals surface area contributed by atoms with E-state index in [2.05, 4.69) is 0 Å². The highest BCUT2D eigenvalue weighted by atomic mass is 35.5. The third-order valence-corrected chi connectivity index (χ3v) is 12.0. The van der Waals surface area contributed by atoms with Gasteiger partial charge in [-0.2, -0.15) is 0 Å². The number of aliphatic hydroxyl groups excluding tert-OH is 1. The van der Waals surface area contributed by atoms with Crippen LogP contribution in [0, 0.1) is 23.7 Å². The van der Waals surface area contributed by atoms with Gasteiger partial charge in [0.2, 0.25) is 0 Å². The lowest BCUT2D eigenvalue weighted by atomic mass is 9.74. The van der Waals surface area contributed by atoms with Crippen molar-refractivity contribution in [2.75, 3.05) is 20.7 Å². The lowest BCUT2D eigenvalue weighted by Crippen LogP contribution is -2.60. The van der Waals surface area contributed by atoms with E-state index in [9.17, 15) is 29.4 Å². The van der Waals surface area contributed by atoms with Crippen LogP contribution in [-0.2, 0) is 38.1 Å². The summed E-state index contributed by atoms with van der Waals surface area (Å²) >= 11 is 6.09. The number of Topliss-reactive ketones (excluding diaryl/α,β-unsaturated/α-hetero) is 2. The SMILES string of the molecule is CC[C@H]1OC(=O)[C@H](C)C(=O)[C@H](C)[C@@H](O[C@@H]2O[C@H](C)C[C@H](N(C)C)[C@H]2OC(=O)c2ccccc2)[C@](C)(OC/C=C/c2ccc(Cl)cc2)C[C@@H](C)C(=O)[C@H](C)[C@@H](O)[C@]1(C)O. The summed E-state index contributed by atoms with van der Waals surface area (Å²) in [5.41, 5.74) is -2.27. The quantitative estimate of drug-likeness (QED) is 0.203. The Labute approximate surface area is 348 Å². The van der Waals surface area contributed by atoms with Gasteiger partial charge in [-0.3, -0.25) is 14.4 Å². The van der Waals surface area contributed by atoms with E-state index in [1.807, 2.05) is 44.1 Å². The molecule has 320 valence electrons. The number of hydrogen-bond acceptors (Lipinski definition) is 12. The van der Waals surface area contributed by atoms with Crippen molar-refractivity contribution in [3.63, 3.8) is 0 Å². The van der Waals surface area contributed by atoms with Gasteiger partial charge in [-0.15, -0.1) is 0 Å². The number of nitrogens with zero attached hydrogens (tertiary/aromatic N) is 1. The molecular formula is C45H62ClNO11. The standard InChI is InChI=1S/C45H62ClNO11/c1-11-35-45(8,53)39(50)28(4)36(48)26(2)25-44(7,54-23-15-16-31-19-21-33(46)22-20-31)40(29(5)37(49)30(6)41(51)56-35)58-43-38(34(47(9)10)24-27(3)55-43)57-42(52)32-17-13-12-14-18-32/h12-22,26-30,34-35,38-40,43,50,53H,11,23-25H2,1-10H3/b16-15+/t26-,27-,28+,29+,30-,34+,35-,38-,39-,40-,43+,44-,45-/m1/s1. The molecule has 0 aliphatic carbocycles. The Balaban J connectivity index is 1.85. The van der Waals surface area contributed by atoms with E-state index in [0.717, 1.165) is 5.56 Å². The molecule has 13 atom stereocenters. The first-order valence-corrected chi connectivity index (χ1v) is 20.6. The summed E-state index contributed by atoms with van der Waals surface area (Å²) in [6.45, 7) is 12.9. The predicted octanol–water partition coefficient (Wildman–Crippen LogP) is 6.32. The van der Waals surface area contributed by atoms with Crippen molar-refractivity contribution in [1.82, 2.24) is 4.90 Å². The van der Waals surface area contributed by atoms with Gasteiger partial charge in [0.1, 0.15) is 23.4 Å². The number of ketones is 2. The zero-order valence-electron chi connectivity index (χ0n) is 35.4. The fourth-order valence-corrected chi connectivity index (χ4v) is 8.37. The number of halogens is 1. The molecule has 2 fully saturated rings. The molecule has 4 rings (SSSR count). The second kappa shape index (κ2) is 20.2. The Morgan fingerprint density at radius 2 is 1.60 bits per heavy atom. The normalized spacial score (nSPS) is 35.8. The second-order valence-corrected chi connectivity index (χ2v) is 17.1. The second-order valence-electron chi connectivity index (χ2n) is 16.7. The van der Waals surface area contributed by atoms with E-state index in [1.54, 1.807) is 76.2 Å². The van der Waals surface area contributed by atoms with E-state index < -0.39 is 83.3 Å². The van der Waals surface area contributed by atoms with Crippen LogP contribution in [-0.4, -0.2) is 113 Å². The fraction of sp³-hybridized carbons (Fsp3) is 0.600. The molecular weight excluding hydrogens is 766 g/mol. The zero-order valence-corrected chi connectivity index (χ0v) is 36.2. The number of rotatable bonds is 10. The highest BCUT2D eigenvalue weighted by Crippen LogP contribution is 2.39. The van der Waals surface area contributed by atoms with Crippen molar-refractivity contribution in [2.24, 2.45) is 23.7 Å². The van der Waals surface area contributed by atoms with E-state index >= 15 is 0 Å². The van der Waals surface area contributed by atoms with Gasteiger partial charge in [0.05, 0.1) is 42.1 Å². The Morgan fingerprint density at radius 3 is 2.21 bits per heavy atom. The number of ether oxygens (including phenoxy) is 5. The van der Waals surface area contributed by atoms with Crippen molar-refractivity contribution >= 4 is 41.2 Å². The van der Waals surface area contributed by atoms with E-state index in [4.69, 9.17) is 35.3 Å². The summed E-state index contributed by atoms with van der Waals surface area (Å²) in [5, 5.41) is 23.6. The molecule has 0 spiro atoms. The maximum atomic E-state index is 14.5. The van der Waals surface area contributed by atoms with Crippen molar-refractivity contribution in [2.45, 2.75) is 129 Å². The first-order chi connectivity index (χ1) is 27.2. The number of benzene rings is 2. The third kappa shape index (κ3) is 11.2. The lowest BCUT2D eigenvalue weighted by Gasteiger charge is -2.48. The zero-order chi connectivity index (χ0) is 43.1. The van der Waals surface area contributed by atoms with Crippen LogP contribution in [0.5, 0.6) is 0 Å². The average Bonchev–Trinajstić information content (AvgIpc) is 3.19. The Kier molecular flexibility index (Phi) is 16.4. The Hall–Kier alpha value is -3.49. The van der Waals surface area contributed by atoms with Gasteiger partial charge in [0.25, 0.3) is 0 Å². The molecule has 0 amide bonds. The van der Waals surface area contributed by atoms with Crippen LogP contribution in [0.1, 0.15) is 90.6 Å². The summed E-state index contributed by atoms with van der Waals surface area (Å²) in [4.78, 5) is 58.0. The maximum absolute atomic E-state index is 14.5. The summed E-state index contributed by atoms with van der Waals surface area (Å²) in [7, 11) is 3.74. The molecule has 0 unspecified atom stereocenters. The lowest BCUT2D eigenvalue weighted by molar-refractivity contribution is -0.296. The van der Waals surface area contributed by atoms with Crippen molar-refractivity contribution in [3.8, 4) is 0 Å². The van der Waals surface area contributed by atoms with Crippen molar-refractivity contribution < 1.29 is 53.1 Å². The molecule has 2 saturated heterocycles. The molecule has 58 heavy (non-hydrogen) atoms. The van der Waals surface area contributed by atoms with Gasteiger partial charge in [0.15, 0.2) is 18.2 Å². The number of likely N-dealkylation sites (N-methyl/N-ethyl adjacent to an activating group) is 1. The van der Waals surface area contributed by atoms with E-state index in [1.165, 1.54) is 20.8 Å². The molecule has 2 aliphatic heterocycles. The van der Waals surface area contributed by atoms with Crippen molar-refractivity contribution in [1.29, 1.82) is 0 Å². The minimum Gasteiger partial charge on any atom is -0.459 e.